The van der Waals surface area contributed by atoms with Crippen molar-refractivity contribution in [2.75, 3.05) is 12.3 Å². The highest BCUT2D eigenvalue weighted by Gasteiger charge is 2.32. The molecule has 1 aliphatic heterocycles. The normalized spacial score (nSPS) is 17.6. The van der Waals surface area contributed by atoms with Crippen LogP contribution in [0.4, 0.5) is 0 Å². The van der Waals surface area contributed by atoms with E-state index in [2.05, 4.69) is 38.9 Å². The molecule has 0 spiro atoms. The lowest BCUT2D eigenvalue weighted by atomic mass is 10.0. The number of carbonyl (C=O) groups is 5. The summed E-state index contributed by atoms with van der Waals surface area (Å²) < 4.78 is 0. The van der Waals surface area contributed by atoms with Gasteiger partial charge in [-0.3, -0.25) is 19.2 Å². The van der Waals surface area contributed by atoms with E-state index in [-0.39, 0.29) is 18.1 Å². The van der Waals surface area contributed by atoms with Crippen LogP contribution in [-0.4, -0.2) is 76.2 Å². The molecular formula is C23H30N6O6S. The summed E-state index contributed by atoms with van der Waals surface area (Å²) in [6, 6.07) is 3.17. The van der Waals surface area contributed by atoms with Crippen molar-refractivity contribution in [1.82, 2.24) is 26.3 Å². The van der Waals surface area contributed by atoms with Crippen LogP contribution in [-0.2, 0) is 30.4 Å². The fraction of sp³-hybridized carbons (Fsp3) is 0.435. The Morgan fingerprint density at radius 1 is 1.06 bits per heavy atom. The molecule has 1 fully saturated rings. The van der Waals surface area contributed by atoms with E-state index >= 15 is 0 Å². The largest absolute Gasteiger partial charge is 0.480 e. The van der Waals surface area contributed by atoms with Gasteiger partial charge in [0.1, 0.15) is 18.1 Å². The number of hydrogen-bond acceptors (Lipinski definition) is 7. The van der Waals surface area contributed by atoms with Crippen LogP contribution in [0.1, 0.15) is 24.8 Å². The number of aliphatic carboxylic acids is 1. The number of aromatic amines is 1. The predicted octanol–water partition coefficient (Wildman–Crippen LogP) is -1.19. The molecular weight excluding hydrogens is 488 g/mol. The first-order chi connectivity index (χ1) is 17.2. The van der Waals surface area contributed by atoms with Crippen molar-refractivity contribution >= 4 is 53.1 Å². The second-order valence-corrected chi connectivity index (χ2v) is 8.95. The van der Waals surface area contributed by atoms with Crippen LogP contribution >= 0.6 is 12.6 Å². The van der Waals surface area contributed by atoms with Gasteiger partial charge >= 0.3 is 5.97 Å². The molecule has 8 N–H and O–H groups in total. The first-order valence-electron chi connectivity index (χ1n) is 11.5. The monoisotopic (exact) mass is 518 g/mol. The molecule has 13 heteroatoms. The minimum Gasteiger partial charge on any atom is -0.480 e. The third-order valence-corrected chi connectivity index (χ3v) is 6.31. The van der Waals surface area contributed by atoms with Crippen molar-refractivity contribution in [1.29, 1.82) is 0 Å². The average molecular weight is 519 g/mol. The predicted molar refractivity (Wildman–Crippen MR) is 134 cm³/mol. The number of nitrogens with two attached hydrogens (primary N) is 1. The fourth-order valence-corrected chi connectivity index (χ4v) is 4.30. The van der Waals surface area contributed by atoms with Crippen molar-refractivity contribution in [2.24, 2.45) is 5.73 Å². The Hall–Kier alpha value is -3.58. The lowest BCUT2D eigenvalue weighted by Gasteiger charge is -2.24. The third-order valence-electron chi connectivity index (χ3n) is 5.94. The van der Waals surface area contributed by atoms with Gasteiger partial charge < -0.3 is 37.1 Å². The third kappa shape index (κ3) is 6.98. The van der Waals surface area contributed by atoms with Gasteiger partial charge in [-0.05, 0) is 31.0 Å². The highest BCUT2D eigenvalue weighted by Crippen LogP contribution is 2.19. The zero-order valence-corrected chi connectivity index (χ0v) is 20.3. The van der Waals surface area contributed by atoms with Gasteiger partial charge in [0.15, 0.2) is 0 Å². The second kappa shape index (κ2) is 12.4. The first-order valence-corrected chi connectivity index (χ1v) is 12.1. The Kier molecular flexibility index (Phi) is 9.31. The molecule has 0 aliphatic carbocycles. The number of aromatic nitrogens is 1. The minimum atomic E-state index is -1.44. The van der Waals surface area contributed by atoms with Gasteiger partial charge in [-0.1, -0.05) is 18.2 Å². The standard InChI is InChI=1S/C23H30N6O6S/c24-19(30)9-17(22(33)29-18(11-36)23(34)35)28-21(32)16(27-20(31)15-6-3-7-25-15)8-12-10-26-14-5-2-1-4-13(12)14/h1-2,4-5,10,15-18,25-26,36H,3,6-9,11H2,(H2,24,30)(H,27,31)(H,28,32)(H,29,33)(H,34,35). The molecule has 4 atom stereocenters. The van der Waals surface area contributed by atoms with E-state index in [4.69, 9.17) is 5.73 Å². The fourth-order valence-electron chi connectivity index (χ4n) is 4.05. The van der Waals surface area contributed by atoms with E-state index in [1.165, 1.54) is 0 Å². The molecule has 1 saturated heterocycles. The maximum Gasteiger partial charge on any atom is 0.327 e. The maximum atomic E-state index is 13.3. The van der Waals surface area contributed by atoms with E-state index in [1.807, 2.05) is 24.3 Å². The molecule has 0 bridgehead atoms. The van der Waals surface area contributed by atoms with Crippen LogP contribution in [0.3, 0.4) is 0 Å². The molecule has 36 heavy (non-hydrogen) atoms. The average Bonchev–Trinajstić information content (AvgIpc) is 3.51. The quantitative estimate of drug-likeness (QED) is 0.162. The lowest BCUT2D eigenvalue weighted by Crippen LogP contribution is -2.58. The number of fused-ring (bicyclic) bond motifs is 1. The summed E-state index contributed by atoms with van der Waals surface area (Å²) in [5.41, 5.74) is 6.88. The van der Waals surface area contributed by atoms with Gasteiger partial charge in [0.05, 0.1) is 12.5 Å². The van der Waals surface area contributed by atoms with Crippen LogP contribution in [0, 0.1) is 0 Å². The highest BCUT2D eigenvalue weighted by atomic mass is 32.1. The molecule has 4 amide bonds. The minimum absolute atomic E-state index is 0.105. The van der Waals surface area contributed by atoms with E-state index < -0.39 is 54.3 Å². The Morgan fingerprint density at radius 3 is 2.39 bits per heavy atom. The summed E-state index contributed by atoms with van der Waals surface area (Å²) in [4.78, 5) is 64.8. The maximum absolute atomic E-state index is 13.3. The summed E-state index contributed by atoms with van der Waals surface area (Å²) >= 11 is 3.90. The van der Waals surface area contributed by atoms with Gasteiger partial charge in [-0.25, -0.2) is 4.79 Å². The van der Waals surface area contributed by atoms with Crippen LogP contribution in [0.5, 0.6) is 0 Å². The lowest BCUT2D eigenvalue weighted by molar-refractivity contribution is -0.141. The smallest absolute Gasteiger partial charge is 0.327 e. The Balaban J connectivity index is 1.81. The van der Waals surface area contributed by atoms with Gasteiger partial charge in [-0.2, -0.15) is 12.6 Å². The van der Waals surface area contributed by atoms with Crippen molar-refractivity contribution in [3.63, 3.8) is 0 Å². The van der Waals surface area contributed by atoms with Crippen molar-refractivity contribution in [2.45, 2.75) is 49.9 Å². The summed E-state index contributed by atoms with van der Waals surface area (Å²) in [6.07, 6.45) is 2.74. The molecule has 2 heterocycles. The number of carboxylic acid groups (broad SMARTS) is 1. The van der Waals surface area contributed by atoms with Gasteiger partial charge in [-0.15, -0.1) is 0 Å². The van der Waals surface area contributed by atoms with Crippen LogP contribution in [0.2, 0.25) is 0 Å². The van der Waals surface area contributed by atoms with Crippen molar-refractivity contribution in [3.8, 4) is 0 Å². The SMILES string of the molecule is NC(=O)CC(NC(=O)C(Cc1c[nH]c2ccccc12)NC(=O)C1CCCN1)C(=O)NC(CS)C(=O)O. The van der Waals surface area contributed by atoms with Gasteiger partial charge in [0.25, 0.3) is 0 Å². The van der Waals surface area contributed by atoms with Crippen molar-refractivity contribution in [3.05, 3.63) is 36.0 Å². The molecule has 0 radical (unpaired) electrons. The molecule has 1 aromatic heterocycles. The molecule has 1 aliphatic rings. The topological polar surface area (TPSA) is 196 Å². The number of carbonyl (C=O) groups excluding carboxylic acids is 4. The number of rotatable bonds is 12. The number of benzene rings is 1. The molecule has 1 aromatic carbocycles. The number of hydrogen-bond donors (Lipinski definition) is 8. The summed E-state index contributed by atoms with van der Waals surface area (Å²) in [6.45, 7) is 0.689. The first kappa shape index (κ1) is 27.0. The van der Waals surface area contributed by atoms with Crippen molar-refractivity contribution < 1.29 is 29.1 Å². The Morgan fingerprint density at radius 2 is 1.75 bits per heavy atom. The summed E-state index contributed by atoms with van der Waals surface area (Å²) in [5, 5.41) is 20.6. The number of nitrogens with one attached hydrogen (secondary N) is 5. The highest BCUT2D eigenvalue weighted by molar-refractivity contribution is 7.80. The Labute approximate surface area is 212 Å². The Bertz CT molecular complexity index is 1130. The number of para-hydroxylation sites is 1. The summed E-state index contributed by atoms with van der Waals surface area (Å²) in [5.74, 6) is -4.38. The van der Waals surface area contributed by atoms with E-state index in [9.17, 15) is 29.1 Å². The molecule has 194 valence electrons. The zero-order chi connectivity index (χ0) is 26.2. The molecule has 0 saturated carbocycles. The van der Waals surface area contributed by atoms with E-state index in [1.54, 1.807) is 6.20 Å². The second-order valence-electron chi connectivity index (χ2n) is 8.59. The van der Waals surface area contributed by atoms with Crippen LogP contribution in [0.15, 0.2) is 30.5 Å². The van der Waals surface area contributed by atoms with Crippen LogP contribution < -0.4 is 27.0 Å². The molecule has 2 aromatic rings. The molecule has 3 rings (SSSR count). The number of amides is 4. The van der Waals surface area contributed by atoms with Gasteiger partial charge in [0.2, 0.25) is 23.6 Å². The van der Waals surface area contributed by atoms with E-state index in [0.717, 1.165) is 22.9 Å². The molecule has 12 nitrogen and oxygen atoms in total. The van der Waals surface area contributed by atoms with Gasteiger partial charge in [0, 0.05) is 29.3 Å². The summed E-state index contributed by atoms with van der Waals surface area (Å²) in [7, 11) is 0. The number of carboxylic acids is 1. The van der Waals surface area contributed by atoms with Crippen LogP contribution in [0.25, 0.3) is 10.9 Å². The zero-order valence-electron chi connectivity index (χ0n) is 19.5. The molecule has 4 unspecified atom stereocenters. The van der Waals surface area contributed by atoms with E-state index in [0.29, 0.717) is 13.0 Å². The number of primary amides is 1. The number of H-pyrrole nitrogens is 1. The number of thiol groups is 1.